The van der Waals surface area contributed by atoms with Crippen molar-refractivity contribution in [1.29, 1.82) is 0 Å². The molecule has 0 saturated carbocycles. The molecule has 1 amide bonds. The van der Waals surface area contributed by atoms with Crippen molar-refractivity contribution in [2.45, 2.75) is 12.8 Å². The normalized spacial score (nSPS) is 19.0. The molecule has 8 heteroatoms. The first kappa shape index (κ1) is 17.2. The predicted molar refractivity (Wildman–Crippen MR) is 83.8 cm³/mol. The third kappa shape index (κ3) is 2.98. The first-order valence-corrected chi connectivity index (χ1v) is 6.99. The van der Waals surface area contributed by atoms with Gasteiger partial charge >= 0.3 is 5.97 Å². The number of carbonyl (C=O) groups excluding carboxylic acids is 2. The van der Waals surface area contributed by atoms with Crippen molar-refractivity contribution in [2.24, 2.45) is 0 Å². The van der Waals surface area contributed by atoms with Gasteiger partial charge in [-0.3, -0.25) is 14.9 Å². The van der Waals surface area contributed by atoms with E-state index in [1.165, 1.54) is 45.6 Å². The van der Waals surface area contributed by atoms with Crippen LogP contribution in [0.5, 0.6) is 0 Å². The van der Waals surface area contributed by atoms with Gasteiger partial charge < -0.3 is 14.8 Å². The van der Waals surface area contributed by atoms with Crippen LogP contribution in [0.15, 0.2) is 47.4 Å². The van der Waals surface area contributed by atoms with Crippen molar-refractivity contribution in [3.8, 4) is 0 Å². The van der Waals surface area contributed by atoms with Crippen molar-refractivity contribution in [2.75, 3.05) is 14.2 Å². The van der Waals surface area contributed by atoms with Crippen LogP contribution in [-0.2, 0) is 19.1 Å². The summed E-state index contributed by atoms with van der Waals surface area (Å²) in [7, 11) is 2.55. The molecule has 0 spiro atoms. The second-order valence-electron chi connectivity index (χ2n) is 5.04. The Labute approximate surface area is 137 Å². The van der Waals surface area contributed by atoms with E-state index in [1.54, 1.807) is 6.07 Å². The summed E-state index contributed by atoms with van der Waals surface area (Å²) in [6.07, 6.45) is 1.17. The fourth-order valence-corrected chi connectivity index (χ4v) is 2.66. The zero-order chi connectivity index (χ0) is 17.9. The first-order valence-electron chi connectivity index (χ1n) is 6.99. The number of nitrogens with zero attached hydrogens (tertiary/aromatic N) is 1. The average molecular weight is 332 g/mol. The van der Waals surface area contributed by atoms with Crippen LogP contribution in [0.25, 0.3) is 0 Å². The van der Waals surface area contributed by atoms with E-state index >= 15 is 0 Å². The van der Waals surface area contributed by atoms with Crippen LogP contribution in [0.3, 0.4) is 0 Å². The molecule has 0 aromatic heterocycles. The molecule has 1 unspecified atom stereocenters. The number of ether oxygens (including phenoxy) is 2. The fraction of sp³-hybridized carbons (Fsp3) is 0.250. The molecule has 0 aliphatic carbocycles. The van der Waals surface area contributed by atoms with Gasteiger partial charge in [0, 0.05) is 17.3 Å². The lowest BCUT2D eigenvalue weighted by molar-refractivity contribution is -0.385. The van der Waals surface area contributed by atoms with E-state index in [0.717, 1.165) is 0 Å². The smallest absolute Gasteiger partial charge is 0.336 e. The maximum absolute atomic E-state index is 12.3. The zero-order valence-electron chi connectivity index (χ0n) is 13.4. The molecule has 0 fully saturated rings. The number of esters is 1. The van der Waals surface area contributed by atoms with Crippen molar-refractivity contribution in [3.05, 3.63) is 63.0 Å². The summed E-state index contributed by atoms with van der Waals surface area (Å²) in [5, 5.41) is 13.9. The number of carbonyl (C=O) groups is 2. The van der Waals surface area contributed by atoms with E-state index in [0.29, 0.717) is 0 Å². The number of nitro groups is 1. The number of methoxy groups -OCH3 is 2. The van der Waals surface area contributed by atoms with Gasteiger partial charge in [-0.1, -0.05) is 18.2 Å². The maximum atomic E-state index is 12.3. The van der Waals surface area contributed by atoms with E-state index in [9.17, 15) is 19.7 Å². The van der Waals surface area contributed by atoms with Gasteiger partial charge in [0.05, 0.1) is 42.5 Å². The molecule has 0 bridgehead atoms. The first-order chi connectivity index (χ1) is 11.4. The number of amides is 1. The van der Waals surface area contributed by atoms with Crippen LogP contribution in [0.1, 0.15) is 18.4 Å². The van der Waals surface area contributed by atoms with Crippen molar-refractivity contribution < 1.29 is 24.0 Å². The Bertz CT molecular complexity index is 764. The number of para-hydroxylation sites is 1. The Balaban J connectivity index is 2.78. The molecule has 2 rings (SSSR count). The van der Waals surface area contributed by atoms with Crippen LogP contribution in [-0.4, -0.2) is 31.0 Å². The van der Waals surface area contributed by atoms with E-state index in [-0.39, 0.29) is 28.1 Å². The number of benzene rings is 1. The molecular formula is C16H16N2O6. The second kappa shape index (κ2) is 6.95. The van der Waals surface area contributed by atoms with Crippen LogP contribution in [0, 0.1) is 10.1 Å². The molecule has 24 heavy (non-hydrogen) atoms. The Kier molecular flexibility index (Phi) is 4.98. The van der Waals surface area contributed by atoms with Gasteiger partial charge in [0.15, 0.2) is 0 Å². The topological polar surface area (TPSA) is 108 Å². The number of nitro benzene ring substituents is 1. The Morgan fingerprint density at radius 2 is 2.00 bits per heavy atom. The molecule has 1 aliphatic heterocycles. The zero-order valence-corrected chi connectivity index (χ0v) is 13.4. The second-order valence-corrected chi connectivity index (χ2v) is 5.04. The maximum Gasteiger partial charge on any atom is 0.336 e. The Morgan fingerprint density at radius 3 is 2.58 bits per heavy atom. The summed E-state index contributed by atoms with van der Waals surface area (Å²) in [6, 6.07) is 5.93. The minimum absolute atomic E-state index is 0.0813. The monoisotopic (exact) mass is 332 g/mol. The molecule has 1 aliphatic rings. The quantitative estimate of drug-likeness (QED) is 0.296. The number of allylic oxidation sites excluding steroid dienone is 1. The summed E-state index contributed by atoms with van der Waals surface area (Å²) in [6.45, 7) is 1.54. The standard InChI is InChI=1S/C16H16N2O6/c1-9-13(16(20)24-3)14(11(8-23-2)15(19)17-9)10-6-4-5-7-12(10)18(21)22/h4-8,14H,1-3H3,(H,17,19)/b11-8+. The molecule has 1 aromatic rings. The summed E-state index contributed by atoms with van der Waals surface area (Å²) in [5.41, 5.74) is 0.490. The number of hydrogen-bond acceptors (Lipinski definition) is 6. The third-order valence-corrected chi connectivity index (χ3v) is 3.66. The molecule has 1 N–H and O–H groups in total. The summed E-state index contributed by atoms with van der Waals surface area (Å²) < 4.78 is 9.72. The van der Waals surface area contributed by atoms with Gasteiger partial charge in [0.25, 0.3) is 11.6 Å². The molecule has 8 nitrogen and oxygen atoms in total. The van der Waals surface area contributed by atoms with E-state index in [2.05, 4.69) is 5.32 Å². The van der Waals surface area contributed by atoms with E-state index < -0.39 is 22.7 Å². The number of nitrogens with one attached hydrogen (secondary N) is 1. The van der Waals surface area contributed by atoms with Crippen LogP contribution < -0.4 is 5.32 Å². The van der Waals surface area contributed by atoms with Gasteiger partial charge in [-0.25, -0.2) is 4.79 Å². The number of hydrogen-bond donors (Lipinski definition) is 1. The Hall–Kier alpha value is -3.16. The van der Waals surface area contributed by atoms with Crippen molar-refractivity contribution in [3.63, 3.8) is 0 Å². The van der Waals surface area contributed by atoms with Crippen molar-refractivity contribution >= 4 is 17.6 Å². The fourth-order valence-electron chi connectivity index (χ4n) is 2.66. The minimum atomic E-state index is -0.965. The lowest BCUT2D eigenvalue weighted by Gasteiger charge is -2.28. The lowest BCUT2D eigenvalue weighted by atomic mass is 9.80. The van der Waals surface area contributed by atoms with Gasteiger partial charge in [-0.2, -0.15) is 0 Å². The lowest BCUT2D eigenvalue weighted by Crippen LogP contribution is -2.36. The highest BCUT2D eigenvalue weighted by atomic mass is 16.6. The Morgan fingerprint density at radius 1 is 1.33 bits per heavy atom. The van der Waals surface area contributed by atoms with Gasteiger partial charge in [0.2, 0.25) is 0 Å². The third-order valence-electron chi connectivity index (χ3n) is 3.66. The van der Waals surface area contributed by atoms with Crippen LogP contribution >= 0.6 is 0 Å². The van der Waals surface area contributed by atoms with Crippen molar-refractivity contribution in [1.82, 2.24) is 5.32 Å². The largest absolute Gasteiger partial charge is 0.504 e. The van der Waals surface area contributed by atoms with E-state index in [1.807, 2.05) is 0 Å². The predicted octanol–water partition coefficient (Wildman–Crippen LogP) is 1.79. The minimum Gasteiger partial charge on any atom is -0.504 e. The molecule has 0 saturated heterocycles. The highest BCUT2D eigenvalue weighted by Gasteiger charge is 2.40. The molecule has 0 radical (unpaired) electrons. The molecular weight excluding hydrogens is 316 g/mol. The SMILES string of the molecule is CO/C=C1/C(=O)NC(C)=C(C(=O)OC)C1c1ccccc1[N+](=O)[O-]. The highest BCUT2D eigenvalue weighted by Crippen LogP contribution is 2.40. The highest BCUT2D eigenvalue weighted by molar-refractivity contribution is 6.04. The average Bonchev–Trinajstić information content (AvgIpc) is 2.56. The van der Waals surface area contributed by atoms with Crippen LogP contribution in [0.2, 0.25) is 0 Å². The molecule has 126 valence electrons. The summed E-state index contributed by atoms with van der Waals surface area (Å²) in [5.74, 6) is -2.14. The van der Waals surface area contributed by atoms with Gasteiger partial charge in [-0.05, 0) is 6.92 Å². The number of rotatable bonds is 4. The summed E-state index contributed by atoms with van der Waals surface area (Å²) >= 11 is 0. The van der Waals surface area contributed by atoms with E-state index in [4.69, 9.17) is 9.47 Å². The van der Waals surface area contributed by atoms with Gasteiger partial charge in [0.1, 0.15) is 0 Å². The molecule has 1 heterocycles. The van der Waals surface area contributed by atoms with Gasteiger partial charge in [-0.15, -0.1) is 0 Å². The summed E-state index contributed by atoms with van der Waals surface area (Å²) in [4.78, 5) is 35.3. The van der Waals surface area contributed by atoms with Crippen LogP contribution in [0.4, 0.5) is 5.69 Å². The molecule has 1 atom stereocenters. The molecule has 1 aromatic carbocycles.